The molecule has 0 atom stereocenters. The molecule has 5 nitrogen and oxygen atoms in total. The Bertz CT molecular complexity index is 967. The van der Waals surface area contributed by atoms with Gasteiger partial charge in [-0.2, -0.15) is 26.6 Å². The van der Waals surface area contributed by atoms with Crippen LogP contribution in [0.2, 0.25) is 0 Å². The Kier molecular flexibility index (Phi) is 4.73. The van der Waals surface area contributed by atoms with Crippen molar-refractivity contribution >= 4 is 10.1 Å². The van der Waals surface area contributed by atoms with E-state index in [0.717, 1.165) is 25.0 Å². The minimum atomic E-state index is -4.55. The molecule has 0 N–H and O–H groups in total. The van der Waals surface area contributed by atoms with E-state index in [2.05, 4.69) is 9.97 Å². The average molecular weight is 414 g/mol. The van der Waals surface area contributed by atoms with E-state index < -0.39 is 21.9 Å². The largest absolute Gasteiger partial charge is 0.416 e. The molecule has 0 saturated heterocycles. The minimum Gasteiger partial charge on any atom is -0.358 e. The molecule has 1 fully saturated rings. The second-order valence-electron chi connectivity index (χ2n) is 8.29. The maximum atomic E-state index is 12.7. The van der Waals surface area contributed by atoms with E-state index in [1.807, 2.05) is 27.7 Å². The third kappa shape index (κ3) is 4.29. The lowest BCUT2D eigenvalue weighted by molar-refractivity contribution is -0.137. The van der Waals surface area contributed by atoms with E-state index in [0.29, 0.717) is 23.7 Å². The van der Waals surface area contributed by atoms with Crippen molar-refractivity contribution in [2.24, 2.45) is 0 Å². The molecule has 0 amide bonds. The lowest BCUT2D eigenvalue weighted by Gasteiger charge is -2.20. The van der Waals surface area contributed by atoms with Crippen LogP contribution in [0.4, 0.5) is 13.2 Å². The van der Waals surface area contributed by atoms with Crippen LogP contribution in [0.1, 0.15) is 57.6 Å². The van der Waals surface area contributed by atoms with Gasteiger partial charge in [-0.1, -0.05) is 27.7 Å². The highest BCUT2D eigenvalue weighted by atomic mass is 32.2. The van der Waals surface area contributed by atoms with Gasteiger partial charge in [0.25, 0.3) is 0 Å². The fraction of sp³-hybridized carbons (Fsp3) is 0.474. The lowest BCUT2D eigenvalue weighted by atomic mass is 9.91. The molecule has 0 radical (unpaired) electrons. The van der Waals surface area contributed by atoms with E-state index in [-0.39, 0.29) is 21.6 Å². The monoisotopic (exact) mass is 414 g/mol. The van der Waals surface area contributed by atoms with Crippen LogP contribution in [0.25, 0.3) is 0 Å². The Morgan fingerprint density at radius 2 is 1.61 bits per heavy atom. The Hall–Kier alpha value is -2.16. The second-order valence-corrected chi connectivity index (χ2v) is 9.83. The summed E-state index contributed by atoms with van der Waals surface area (Å²) in [6.45, 7) is 7.79. The van der Waals surface area contributed by atoms with E-state index in [9.17, 15) is 21.6 Å². The van der Waals surface area contributed by atoms with E-state index >= 15 is 0 Å². The first-order chi connectivity index (χ1) is 12.7. The smallest absolute Gasteiger partial charge is 0.358 e. The van der Waals surface area contributed by atoms with Crippen molar-refractivity contribution in [2.75, 3.05) is 0 Å². The SMILES string of the molecule is CC(C)(C)c1cc(OS(=O)(=O)c2ccc(C(F)(F)F)cc2)nc(C2(C)CC2)n1. The van der Waals surface area contributed by atoms with Crippen LogP contribution in [0.3, 0.4) is 0 Å². The van der Waals surface area contributed by atoms with E-state index in [1.165, 1.54) is 6.07 Å². The van der Waals surface area contributed by atoms with Gasteiger partial charge in [0, 0.05) is 16.9 Å². The number of rotatable bonds is 4. The molecule has 1 heterocycles. The number of alkyl halides is 3. The number of nitrogens with zero attached hydrogens (tertiary/aromatic N) is 2. The highest BCUT2D eigenvalue weighted by Gasteiger charge is 2.43. The quantitative estimate of drug-likeness (QED) is 0.684. The summed E-state index contributed by atoms with van der Waals surface area (Å²) in [5.74, 6) is 0.375. The van der Waals surface area contributed by atoms with Gasteiger partial charge in [0.2, 0.25) is 5.88 Å². The molecule has 0 spiro atoms. The van der Waals surface area contributed by atoms with Crippen LogP contribution < -0.4 is 4.18 Å². The maximum absolute atomic E-state index is 12.7. The number of benzene rings is 1. The van der Waals surface area contributed by atoms with Crippen LogP contribution in [0.15, 0.2) is 35.2 Å². The van der Waals surface area contributed by atoms with Crippen LogP contribution in [-0.4, -0.2) is 18.4 Å². The predicted octanol–water partition coefficient (Wildman–Crippen LogP) is 4.61. The molecule has 1 aliphatic carbocycles. The number of hydrogen-bond donors (Lipinski definition) is 0. The average Bonchev–Trinajstić information content (AvgIpc) is 3.32. The first-order valence-corrected chi connectivity index (χ1v) is 10.1. The Balaban J connectivity index is 1.96. The minimum absolute atomic E-state index is 0.136. The molecule has 0 aliphatic heterocycles. The maximum Gasteiger partial charge on any atom is 0.416 e. The predicted molar refractivity (Wildman–Crippen MR) is 96.6 cm³/mol. The molecule has 1 aliphatic rings. The summed E-state index contributed by atoms with van der Waals surface area (Å²) in [6.07, 6.45) is -2.76. The number of hydrogen-bond acceptors (Lipinski definition) is 5. The summed E-state index contributed by atoms with van der Waals surface area (Å²) in [5.41, 5.74) is -0.882. The van der Waals surface area contributed by atoms with Crippen LogP contribution in [0.5, 0.6) is 5.88 Å². The van der Waals surface area contributed by atoms with Crippen molar-refractivity contribution < 1.29 is 25.8 Å². The molecular weight excluding hydrogens is 393 g/mol. The summed E-state index contributed by atoms with van der Waals surface area (Å²) >= 11 is 0. The van der Waals surface area contributed by atoms with Crippen molar-refractivity contribution in [1.29, 1.82) is 0 Å². The molecule has 1 aromatic heterocycles. The van der Waals surface area contributed by atoms with Crippen LogP contribution in [-0.2, 0) is 27.1 Å². The number of aromatic nitrogens is 2. The van der Waals surface area contributed by atoms with Gasteiger partial charge >= 0.3 is 16.3 Å². The molecule has 152 valence electrons. The topological polar surface area (TPSA) is 69.2 Å². The highest BCUT2D eigenvalue weighted by Crippen LogP contribution is 2.46. The van der Waals surface area contributed by atoms with E-state index in [4.69, 9.17) is 4.18 Å². The summed E-state index contributed by atoms with van der Waals surface area (Å²) < 4.78 is 68.3. The van der Waals surface area contributed by atoms with Crippen LogP contribution >= 0.6 is 0 Å². The Morgan fingerprint density at radius 3 is 2.07 bits per heavy atom. The highest BCUT2D eigenvalue weighted by molar-refractivity contribution is 7.87. The van der Waals surface area contributed by atoms with Crippen molar-refractivity contribution in [3.8, 4) is 5.88 Å². The summed E-state index contributed by atoms with van der Waals surface area (Å²) in [6, 6.07) is 4.60. The molecule has 0 unspecified atom stereocenters. The van der Waals surface area contributed by atoms with Crippen LogP contribution in [0, 0.1) is 0 Å². The van der Waals surface area contributed by atoms with Gasteiger partial charge in [0.05, 0.1) is 11.3 Å². The van der Waals surface area contributed by atoms with Gasteiger partial charge in [-0.05, 0) is 37.1 Å². The lowest BCUT2D eigenvalue weighted by Crippen LogP contribution is -2.20. The van der Waals surface area contributed by atoms with Crippen molar-refractivity contribution in [3.63, 3.8) is 0 Å². The van der Waals surface area contributed by atoms with Gasteiger partial charge in [-0.25, -0.2) is 4.98 Å². The fourth-order valence-electron chi connectivity index (χ4n) is 2.50. The number of halogens is 3. The molecule has 1 aromatic carbocycles. The van der Waals surface area contributed by atoms with Crippen molar-refractivity contribution in [3.05, 3.63) is 47.4 Å². The zero-order valence-corrected chi connectivity index (χ0v) is 16.8. The fourth-order valence-corrected chi connectivity index (χ4v) is 3.38. The molecule has 0 bridgehead atoms. The van der Waals surface area contributed by atoms with Crippen molar-refractivity contribution in [1.82, 2.24) is 9.97 Å². The first kappa shape index (κ1) is 20.6. The third-order valence-electron chi connectivity index (χ3n) is 4.68. The standard InChI is InChI=1S/C19H21F3N2O3S/c1-17(2,3)14-11-15(24-16(23-14)18(4)9-10-18)27-28(25,26)13-7-5-12(6-8-13)19(20,21)22/h5-8,11H,9-10H2,1-4H3. The van der Waals surface area contributed by atoms with Gasteiger partial charge in [-0.3, -0.25) is 0 Å². The summed E-state index contributed by atoms with van der Waals surface area (Å²) in [7, 11) is -4.34. The summed E-state index contributed by atoms with van der Waals surface area (Å²) in [5, 5.41) is 0. The second kappa shape index (κ2) is 6.43. The zero-order chi connectivity index (χ0) is 21.0. The van der Waals surface area contributed by atoms with Gasteiger partial charge < -0.3 is 4.18 Å². The molecule has 2 aromatic rings. The molecular formula is C19H21F3N2O3S. The third-order valence-corrected chi connectivity index (χ3v) is 5.92. The van der Waals surface area contributed by atoms with Gasteiger partial charge in [-0.15, -0.1) is 0 Å². The first-order valence-electron chi connectivity index (χ1n) is 8.73. The zero-order valence-electron chi connectivity index (χ0n) is 16.0. The van der Waals surface area contributed by atoms with Gasteiger partial charge in [0.15, 0.2) is 0 Å². The molecule has 1 saturated carbocycles. The van der Waals surface area contributed by atoms with Gasteiger partial charge in [0.1, 0.15) is 10.7 Å². The Morgan fingerprint density at radius 1 is 1.04 bits per heavy atom. The molecule has 3 rings (SSSR count). The molecule has 28 heavy (non-hydrogen) atoms. The van der Waals surface area contributed by atoms with Crippen molar-refractivity contribution in [2.45, 2.75) is 62.4 Å². The normalized spacial score (nSPS) is 16.7. The summed E-state index contributed by atoms with van der Waals surface area (Å²) in [4.78, 5) is 8.45. The van der Waals surface area contributed by atoms with E-state index in [1.54, 1.807) is 0 Å². The Labute approximate surface area is 162 Å². The molecule has 9 heteroatoms.